The molecule has 3 aromatic rings. The topological polar surface area (TPSA) is 89.8 Å². The first-order valence-electron chi connectivity index (χ1n) is 6.71. The number of halogens is 1. The number of tetrazole rings is 1. The first-order valence-corrected chi connectivity index (χ1v) is 9.79. The molecule has 124 valence electrons. The lowest BCUT2D eigenvalue weighted by Crippen LogP contribution is -2.13. The van der Waals surface area contributed by atoms with Crippen LogP contribution in [-0.4, -0.2) is 34.9 Å². The SMILES string of the molecule is CSc1nnnn1-c1cccc(NS(=O)(=O)c2cccc(Cl)c2)c1. The zero-order valence-corrected chi connectivity index (χ0v) is 14.8. The molecular weight excluding hydrogens is 370 g/mol. The summed E-state index contributed by atoms with van der Waals surface area (Å²) in [7, 11) is -3.74. The summed E-state index contributed by atoms with van der Waals surface area (Å²) in [5, 5.41) is 12.4. The molecule has 0 saturated carbocycles. The molecule has 0 radical (unpaired) electrons. The molecule has 0 fully saturated rings. The number of nitrogens with zero attached hydrogens (tertiary/aromatic N) is 4. The van der Waals surface area contributed by atoms with Gasteiger partial charge in [-0.25, -0.2) is 8.42 Å². The summed E-state index contributed by atoms with van der Waals surface area (Å²) in [6, 6.07) is 12.9. The van der Waals surface area contributed by atoms with E-state index in [4.69, 9.17) is 11.6 Å². The van der Waals surface area contributed by atoms with Gasteiger partial charge in [0.2, 0.25) is 5.16 Å². The Bertz CT molecular complexity index is 975. The summed E-state index contributed by atoms with van der Waals surface area (Å²) in [6.07, 6.45) is 1.86. The van der Waals surface area contributed by atoms with Gasteiger partial charge in [0, 0.05) is 5.02 Å². The normalized spacial score (nSPS) is 11.4. The number of thioether (sulfide) groups is 1. The van der Waals surface area contributed by atoms with E-state index in [-0.39, 0.29) is 4.90 Å². The van der Waals surface area contributed by atoms with Crippen molar-refractivity contribution in [3.63, 3.8) is 0 Å². The Morgan fingerprint density at radius 1 is 1.17 bits per heavy atom. The molecule has 0 saturated heterocycles. The van der Waals surface area contributed by atoms with Crippen molar-refractivity contribution in [1.29, 1.82) is 0 Å². The van der Waals surface area contributed by atoms with Crippen LogP contribution in [0.2, 0.25) is 5.02 Å². The molecule has 1 heterocycles. The monoisotopic (exact) mass is 381 g/mol. The number of aromatic nitrogens is 4. The van der Waals surface area contributed by atoms with Crippen LogP contribution in [0.3, 0.4) is 0 Å². The second-order valence-electron chi connectivity index (χ2n) is 4.69. The minimum Gasteiger partial charge on any atom is -0.280 e. The van der Waals surface area contributed by atoms with Crippen molar-refractivity contribution >= 4 is 39.1 Å². The minimum absolute atomic E-state index is 0.0904. The van der Waals surface area contributed by atoms with Crippen LogP contribution in [0.4, 0.5) is 5.69 Å². The van der Waals surface area contributed by atoms with Gasteiger partial charge in [-0.2, -0.15) is 4.68 Å². The summed E-state index contributed by atoms with van der Waals surface area (Å²) < 4.78 is 29.0. The van der Waals surface area contributed by atoms with Crippen LogP contribution in [-0.2, 0) is 10.0 Å². The molecule has 0 aliphatic rings. The Morgan fingerprint density at radius 2 is 1.96 bits per heavy atom. The molecule has 0 aliphatic heterocycles. The van der Waals surface area contributed by atoms with E-state index in [1.807, 2.05) is 6.26 Å². The van der Waals surface area contributed by atoms with Crippen molar-refractivity contribution in [2.45, 2.75) is 10.1 Å². The van der Waals surface area contributed by atoms with Gasteiger partial charge >= 0.3 is 0 Å². The van der Waals surface area contributed by atoms with Gasteiger partial charge in [0.15, 0.2) is 0 Å². The standard InChI is InChI=1S/C14H12ClN5O2S2/c1-23-14-16-18-19-20(14)12-6-3-5-11(9-12)17-24(21,22)13-7-2-4-10(15)8-13/h2-9,17H,1H3. The number of anilines is 1. The summed E-state index contributed by atoms with van der Waals surface area (Å²) in [4.78, 5) is 0.0904. The van der Waals surface area contributed by atoms with E-state index in [9.17, 15) is 8.42 Å². The molecule has 0 amide bonds. The van der Waals surface area contributed by atoms with Gasteiger partial charge in [-0.15, -0.1) is 5.10 Å². The fourth-order valence-electron chi connectivity index (χ4n) is 2.02. The Hall–Kier alpha value is -2.10. The Labute approximate surface area is 148 Å². The maximum atomic E-state index is 12.5. The van der Waals surface area contributed by atoms with Gasteiger partial charge in [-0.05, 0) is 53.1 Å². The van der Waals surface area contributed by atoms with Gasteiger partial charge in [-0.3, -0.25) is 4.72 Å². The zero-order valence-electron chi connectivity index (χ0n) is 12.4. The van der Waals surface area contributed by atoms with E-state index in [1.165, 1.54) is 28.6 Å². The molecule has 1 N–H and O–H groups in total. The van der Waals surface area contributed by atoms with Crippen molar-refractivity contribution in [3.8, 4) is 5.69 Å². The van der Waals surface area contributed by atoms with Crippen molar-refractivity contribution < 1.29 is 8.42 Å². The lowest BCUT2D eigenvalue weighted by molar-refractivity contribution is 0.601. The van der Waals surface area contributed by atoms with Gasteiger partial charge in [0.05, 0.1) is 16.3 Å². The van der Waals surface area contributed by atoms with Gasteiger partial charge in [-0.1, -0.05) is 35.5 Å². The van der Waals surface area contributed by atoms with Crippen LogP contribution >= 0.6 is 23.4 Å². The Kier molecular flexibility index (Phi) is 4.74. The molecular formula is C14H12ClN5O2S2. The van der Waals surface area contributed by atoms with Gasteiger partial charge in [0.25, 0.3) is 10.0 Å². The third kappa shape index (κ3) is 3.53. The van der Waals surface area contributed by atoms with E-state index in [1.54, 1.807) is 36.4 Å². The average molecular weight is 382 g/mol. The van der Waals surface area contributed by atoms with E-state index < -0.39 is 10.0 Å². The molecule has 7 nitrogen and oxygen atoms in total. The lowest BCUT2D eigenvalue weighted by atomic mass is 10.3. The molecule has 24 heavy (non-hydrogen) atoms. The van der Waals surface area contributed by atoms with Crippen LogP contribution in [0, 0.1) is 0 Å². The third-order valence-corrected chi connectivity index (χ3v) is 5.31. The molecule has 2 aromatic carbocycles. The predicted octanol–water partition coefficient (Wildman–Crippen LogP) is 2.84. The van der Waals surface area contributed by atoms with Crippen molar-refractivity contribution in [2.75, 3.05) is 11.0 Å². The second kappa shape index (κ2) is 6.80. The minimum atomic E-state index is -3.74. The van der Waals surface area contributed by atoms with Crippen LogP contribution in [0.15, 0.2) is 58.6 Å². The zero-order chi connectivity index (χ0) is 17.2. The summed E-state index contributed by atoms with van der Waals surface area (Å²) in [5.74, 6) is 0. The summed E-state index contributed by atoms with van der Waals surface area (Å²) in [5.41, 5.74) is 1.05. The van der Waals surface area contributed by atoms with Crippen LogP contribution in [0.1, 0.15) is 0 Å². The molecule has 0 spiro atoms. The molecule has 0 atom stereocenters. The summed E-state index contributed by atoms with van der Waals surface area (Å²) in [6.45, 7) is 0. The molecule has 0 bridgehead atoms. The highest BCUT2D eigenvalue weighted by Gasteiger charge is 2.15. The fraction of sp³-hybridized carbons (Fsp3) is 0.0714. The maximum Gasteiger partial charge on any atom is 0.261 e. The van der Waals surface area contributed by atoms with Crippen LogP contribution < -0.4 is 4.72 Å². The summed E-state index contributed by atoms with van der Waals surface area (Å²) >= 11 is 7.25. The molecule has 10 heteroatoms. The smallest absolute Gasteiger partial charge is 0.261 e. The molecule has 0 aliphatic carbocycles. The fourth-order valence-corrected chi connectivity index (χ4v) is 3.80. The van der Waals surface area contributed by atoms with E-state index in [0.717, 1.165) is 0 Å². The van der Waals surface area contributed by atoms with E-state index in [2.05, 4.69) is 20.2 Å². The Morgan fingerprint density at radius 3 is 2.71 bits per heavy atom. The Balaban J connectivity index is 1.93. The lowest BCUT2D eigenvalue weighted by Gasteiger charge is -2.10. The predicted molar refractivity (Wildman–Crippen MR) is 93.2 cm³/mol. The third-order valence-electron chi connectivity index (χ3n) is 3.07. The highest BCUT2D eigenvalue weighted by Crippen LogP contribution is 2.22. The average Bonchev–Trinajstić information content (AvgIpc) is 3.03. The van der Waals surface area contributed by atoms with E-state index in [0.29, 0.717) is 21.6 Å². The van der Waals surface area contributed by atoms with Crippen molar-refractivity contribution in [1.82, 2.24) is 20.2 Å². The first kappa shape index (κ1) is 16.7. The second-order valence-corrected chi connectivity index (χ2v) is 7.58. The quantitative estimate of drug-likeness (QED) is 0.683. The number of nitrogens with one attached hydrogen (secondary N) is 1. The van der Waals surface area contributed by atoms with Gasteiger partial charge < -0.3 is 0 Å². The highest BCUT2D eigenvalue weighted by molar-refractivity contribution is 7.98. The van der Waals surface area contributed by atoms with Crippen molar-refractivity contribution in [3.05, 3.63) is 53.6 Å². The molecule has 1 aromatic heterocycles. The van der Waals surface area contributed by atoms with Crippen LogP contribution in [0.25, 0.3) is 5.69 Å². The number of benzene rings is 2. The maximum absolute atomic E-state index is 12.5. The number of sulfonamides is 1. The molecule has 3 rings (SSSR count). The van der Waals surface area contributed by atoms with E-state index >= 15 is 0 Å². The highest BCUT2D eigenvalue weighted by atomic mass is 35.5. The number of rotatable bonds is 5. The molecule has 0 unspecified atom stereocenters. The number of hydrogen-bond donors (Lipinski definition) is 1. The first-order chi connectivity index (χ1) is 11.5. The van der Waals surface area contributed by atoms with Crippen molar-refractivity contribution in [2.24, 2.45) is 0 Å². The number of hydrogen-bond acceptors (Lipinski definition) is 6. The largest absolute Gasteiger partial charge is 0.280 e. The van der Waals surface area contributed by atoms with Crippen LogP contribution in [0.5, 0.6) is 0 Å². The van der Waals surface area contributed by atoms with Gasteiger partial charge in [0.1, 0.15) is 0 Å².